The molecule has 0 spiro atoms. The van der Waals surface area contributed by atoms with E-state index in [1.807, 2.05) is 0 Å². The molecule has 23 heavy (non-hydrogen) atoms. The Hall–Kier alpha value is -0.810. The molecule has 3 unspecified atom stereocenters. The van der Waals surface area contributed by atoms with Gasteiger partial charge in [-0.2, -0.15) is 0 Å². The van der Waals surface area contributed by atoms with Gasteiger partial charge in [0.05, 0.1) is 18.6 Å². The highest BCUT2D eigenvalue weighted by atomic mass is 32.2. The van der Waals surface area contributed by atoms with E-state index in [2.05, 4.69) is 24.5 Å². The summed E-state index contributed by atoms with van der Waals surface area (Å²) in [4.78, 5) is 21.1. The molecule has 0 heterocycles. The predicted octanol–water partition coefficient (Wildman–Crippen LogP) is -2.34. The number of aliphatic carboxylic acids is 1. The Morgan fingerprint density at radius 3 is 1.65 bits per heavy atom. The number of carbonyl (C=O) groups is 2. The minimum absolute atomic E-state index is 0.261. The number of likely N-dealkylation sites (N-methyl/N-ethyl adjacent to an activating group) is 1. The van der Waals surface area contributed by atoms with Gasteiger partial charge in [-0.25, -0.2) is 16.8 Å². The van der Waals surface area contributed by atoms with Crippen molar-refractivity contribution in [3.05, 3.63) is 0 Å². The lowest BCUT2D eigenvalue weighted by Gasteiger charge is -2.11. The molecule has 0 aromatic carbocycles. The first-order valence-corrected chi connectivity index (χ1v) is 10.8. The van der Waals surface area contributed by atoms with Crippen LogP contribution in [0.2, 0.25) is 0 Å². The molecular weight excluding hydrogens is 371 g/mol. The van der Waals surface area contributed by atoms with Crippen molar-refractivity contribution in [1.29, 1.82) is 0 Å². The zero-order chi connectivity index (χ0) is 18.8. The van der Waals surface area contributed by atoms with Crippen molar-refractivity contribution in [3.8, 4) is 0 Å². The minimum Gasteiger partial charge on any atom is -0.480 e. The molecule has 0 saturated carbocycles. The highest BCUT2D eigenvalue weighted by Gasteiger charge is 2.21. The van der Waals surface area contributed by atoms with E-state index in [-0.39, 0.29) is 11.5 Å². The predicted molar refractivity (Wildman–Crippen MR) is 88.6 cm³/mol. The third-order valence-electron chi connectivity index (χ3n) is 2.27. The number of rotatable bonds is 8. The standard InChI is InChI=1S/C5H12NO4PS.C5H11NO4S/c1-10-5(7)4(6-11)3-12(2,8)9;1-6-4(5(7)8)3-11(2,9)10/h4,6H,3,11H2,1-2H3;4,6H,3H2,1-2H3,(H,7,8). The van der Waals surface area contributed by atoms with Crippen molar-refractivity contribution in [3.63, 3.8) is 0 Å². The van der Waals surface area contributed by atoms with Crippen LogP contribution in [-0.4, -0.2) is 84.1 Å². The molecule has 0 radical (unpaired) electrons. The third-order valence-corrected chi connectivity index (χ3v) is 4.55. The van der Waals surface area contributed by atoms with Gasteiger partial charge < -0.3 is 15.2 Å². The monoisotopic (exact) mass is 394 g/mol. The maximum Gasteiger partial charge on any atom is 0.324 e. The number of nitrogens with one attached hydrogen (secondary N) is 2. The average Bonchev–Trinajstić information content (AvgIpc) is 2.39. The number of carboxylic acid groups (broad SMARTS) is 1. The molecule has 0 aliphatic rings. The number of ether oxygens (including phenoxy) is 1. The fourth-order valence-electron chi connectivity index (χ4n) is 1.21. The van der Waals surface area contributed by atoms with Crippen molar-refractivity contribution in [2.75, 3.05) is 38.2 Å². The molecule has 0 saturated heterocycles. The van der Waals surface area contributed by atoms with E-state index in [1.54, 1.807) is 0 Å². The van der Waals surface area contributed by atoms with E-state index in [0.717, 1.165) is 12.5 Å². The Morgan fingerprint density at radius 1 is 1.09 bits per heavy atom. The lowest BCUT2D eigenvalue weighted by atomic mass is 10.3. The van der Waals surface area contributed by atoms with Crippen LogP contribution < -0.4 is 10.4 Å². The molecule has 138 valence electrons. The van der Waals surface area contributed by atoms with Crippen molar-refractivity contribution in [2.24, 2.45) is 0 Å². The van der Waals surface area contributed by atoms with E-state index in [4.69, 9.17) is 5.11 Å². The van der Waals surface area contributed by atoms with Gasteiger partial charge in [0.2, 0.25) is 0 Å². The first-order chi connectivity index (χ1) is 10.3. The summed E-state index contributed by atoms with van der Waals surface area (Å²) in [7, 11) is -1.70. The largest absolute Gasteiger partial charge is 0.480 e. The van der Waals surface area contributed by atoms with E-state index in [0.29, 0.717) is 0 Å². The molecule has 0 aliphatic carbocycles. The van der Waals surface area contributed by atoms with Gasteiger partial charge >= 0.3 is 11.9 Å². The topological polar surface area (TPSA) is 156 Å². The number of esters is 1. The second kappa shape index (κ2) is 10.9. The lowest BCUT2D eigenvalue weighted by molar-refractivity contribution is -0.142. The number of hydrogen-bond donors (Lipinski definition) is 3. The van der Waals surface area contributed by atoms with Crippen molar-refractivity contribution in [2.45, 2.75) is 12.1 Å². The van der Waals surface area contributed by atoms with Crippen molar-refractivity contribution in [1.82, 2.24) is 10.4 Å². The van der Waals surface area contributed by atoms with Gasteiger partial charge in [-0.15, -0.1) is 0 Å². The van der Waals surface area contributed by atoms with Gasteiger partial charge in [0.1, 0.15) is 31.8 Å². The van der Waals surface area contributed by atoms with E-state index >= 15 is 0 Å². The van der Waals surface area contributed by atoms with E-state index < -0.39 is 43.7 Å². The van der Waals surface area contributed by atoms with E-state index in [1.165, 1.54) is 14.2 Å². The Labute approximate surface area is 138 Å². The molecule has 3 atom stereocenters. The summed E-state index contributed by atoms with van der Waals surface area (Å²) < 4.78 is 47.1. The Bertz CT molecular complexity index is 590. The van der Waals surface area contributed by atoms with Crippen molar-refractivity contribution < 1.29 is 36.3 Å². The van der Waals surface area contributed by atoms with Crippen molar-refractivity contribution >= 4 is 41.0 Å². The lowest BCUT2D eigenvalue weighted by Crippen LogP contribution is -2.39. The fourth-order valence-corrected chi connectivity index (χ4v) is 3.39. The Balaban J connectivity index is 0. The molecule has 0 bridgehead atoms. The molecule has 0 aromatic rings. The fraction of sp³-hybridized carbons (Fsp3) is 0.800. The SMILES string of the molecule is CNC(CS(C)(=O)=O)C(=O)O.COC(=O)C(CS(C)(=O)=O)NP. The van der Waals surface area contributed by atoms with Gasteiger partial charge in [-0.1, -0.05) is 9.39 Å². The molecule has 10 nitrogen and oxygen atoms in total. The summed E-state index contributed by atoms with van der Waals surface area (Å²) in [5.41, 5.74) is 0. The summed E-state index contributed by atoms with van der Waals surface area (Å²) in [6.07, 6.45) is 2.06. The second-order valence-electron chi connectivity index (χ2n) is 4.61. The summed E-state index contributed by atoms with van der Waals surface area (Å²) in [6.45, 7) is 0. The minimum atomic E-state index is -3.22. The molecular formula is C10H23N2O8PS2. The maximum absolute atomic E-state index is 10.9. The first kappa shape index (κ1) is 24.4. The van der Waals surface area contributed by atoms with E-state index in [9.17, 15) is 26.4 Å². The van der Waals surface area contributed by atoms with Crippen LogP contribution in [-0.2, 0) is 34.0 Å². The number of hydrogen-bond acceptors (Lipinski definition) is 9. The van der Waals surface area contributed by atoms with Gasteiger partial charge in [-0.3, -0.25) is 14.7 Å². The number of carbonyl (C=O) groups excluding carboxylic acids is 1. The van der Waals surface area contributed by atoms with Gasteiger partial charge in [0.25, 0.3) is 0 Å². The molecule has 0 aliphatic heterocycles. The molecule has 0 rings (SSSR count). The van der Waals surface area contributed by atoms with Crippen LogP contribution in [0.4, 0.5) is 0 Å². The molecule has 3 N–H and O–H groups in total. The third kappa shape index (κ3) is 14.5. The average molecular weight is 394 g/mol. The Kier molecular flexibility index (Phi) is 11.6. The van der Waals surface area contributed by atoms with Gasteiger partial charge in [0, 0.05) is 12.5 Å². The van der Waals surface area contributed by atoms with Crippen LogP contribution in [0.25, 0.3) is 0 Å². The molecule has 13 heteroatoms. The Morgan fingerprint density at radius 2 is 1.48 bits per heavy atom. The highest BCUT2D eigenvalue weighted by Crippen LogP contribution is 1.96. The summed E-state index contributed by atoms with van der Waals surface area (Å²) in [6, 6.07) is -1.82. The zero-order valence-corrected chi connectivity index (χ0v) is 16.1. The molecule has 0 amide bonds. The van der Waals surface area contributed by atoms with Crippen LogP contribution >= 0.6 is 9.39 Å². The normalized spacial score (nSPS) is 14.1. The van der Waals surface area contributed by atoms with Crippen LogP contribution in [0.15, 0.2) is 0 Å². The van der Waals surface area contributed by atoms with Crippen LogP contribution in [0, 0.1) is 0 Å². The quantitative estimate of drug-likeness (QED) is 0.301. The maximum atomic E-state index is 10.9. The van der Waals surface area contributed by atoms with Crippen LogP contribution in [0.3, 0.4) is 0 Å². The van der Waals surface area contributed by atoms with Gasteiger partial charge in [0.15, 0.2) is 0 Å². The highest BCUT2D eigenvalue weighted by molar-refractivity contribution is 7.91. The number of methoxy groups -OCH3 is 1. The van der Waals surface area contributed by atoms with Gasteiger partial charge in [-0.05, 0) is 7.05 Å². The first-order valence-electron chi connectivity index (χ1n) is 6.06. The van der Waals surface area contributed by atoms with Crippen LogP contribution in [0.1, 0.15) is 0 Å². The summed E-state index contributed by atoms with van der Waals surface area (Å²) >= 11 is 0. The summed E-state index contributed by atoms with van der Waals surface area (Å²) in [5.74, 6) is -2.38. The second-order valence-corrected chi connectivity index (χ2v) is 9.31. The molecule has 0 aromatic heterocycles. The smallest absolute Gasteiger partial charge is 0.324 e. The number of sulfone groups is 2. The zero-order valence-electron chi connectivity index (χ0n) is 13.3. The molecule has 0 fully saturated rings. The van der Waals surface area contributed by atoms with Crippen LogP contribution in [0.5, 0.6) is 0 Å². The summed E-state index contributed by atoms with van der Waals surface area (Å²) in [5, 5.41) is 13.3. The number of carboxylic acids is 1.